The topological polar surface area (TPSA) is 519 Å². The number of carbonyl (C=O) groups is 14. The van der Waals surface area contributed by atoms with Crippen molar-refractivity contribution >= 4 is 89.5 Å². The molecule has 306 valence electrons. The van der Waals surface area contributed by atoms with E-state index in [9.17, 15) is 14.4 Å². The first kappa shape index (κ1) is 61.6. The largest absolute Gasteiger partial charge is 0.481 e. The Morgan fingerprint density at radius 1 is 0.545 bits per heavy atom. The molecular formula is C26H31N3O26. The second kappa shape index (κ2) is 39.8. The molecule has 0 bridgehead atoms. The molecule has 0 radical (unpaired) electrons. The lowest BCUT2D eigenvalue weighted by Gasteiger charge is -2.04. The van der Waals surface area contributed by atoms with E-state index >= 15 is 0 Å². The predicted molar refractivity (Wildman–Crippen MR) is 165 cm³/mol. The van der Waals surface area contributed by atoms with Gasteiger partial charge in [0.15, 0.2) is 6.61 Å². The van der Waals surface area contributed by atoms with E-state index in [-0.39, 0.29) is 18.3 Å². The number of carbonyl (C=O) groups excluding carboxylic acids is 3. The highest BCUT2D eigenvalue weighted by atomic mass is 16.5. The minimum Gasteiger partial charge on any atom is -0.481 e. The number of nitrogens with zero attached hydrogens (tertiary/aromatic N) is 2. The smallest absolute Gasteiger partial charge is 0.414 e. The molecule has 0 unspecified atom stereocenters. The molecule has 0 atom stereocenters. The third-order valence-electron chi connectivity index (χ3n) is 2.89. The molecule has 0 saturated heterocycles. The number of rotatable bonds is 5. The molecule has 1 aromatic rings. The summed E-state index contributed by atoms with van der Waals surface area (Å²) >= 11 is 0. The van der Waals surface area contributed by atoms with Crippen LogP contribution in [-0.4, -0.2) is 157 Å². The maximum absolute atomic E-state index is 11.1. The second-order valence-electron chi connectivity index (χ2n) is 7.47. The van der Waals surface area contributed by atoms with Gasteiger partial charge in [-0.05, 0) is 5.56 Å². The highest BCUT2D eigenvalue weighted by Crippen LogP contribution is 1.96. The molecule has 1 aromatic carbocycles. The lowest BCUT2D eigenvalue weighted by atomic mass is 10.2. The minimum atomic E-state index is -1.82. The van der Waals surface area contributed by atoms with Gasteiger partial charge in [0.2, 0.25) is 5.78 Å². The van der Waals surface area contributed by atoms with Crippen molar-refractivity contribution in [2.45, 2.75) is 27.3 Å². The summed E-state index contributed by atoms with van der Waals surface area (Å²) in [6.45, 7) is 3.88. The summed E-state index contributed by atoms with van der Waals surface area (Å²) in [5.74, 6) is -20.1. The van der Waals surface area contributed by atoms with Crippen LogP contribution in [0.15, 0.2) is 30.3 Å². The third-order valence-corrected chi connectivity index (χ3v) is 2.89. The Morgan fingerprint density at radius 2 is 0.800 bits per heavy atom. The molecule has 12 N–H and O–H groups in total. The van der Waals surface area contributed by atoms with Crippen LogP contribution in [0.5, 0.6) is 0 Å². The van der Waals surface area contributed by atoms with Crippen LogP contribution in [0.2, 0.25) is 0 Å². The Balaban J connectivity index is -0.000000100. The Hall–Kier alpha value is -8.62. The van der Waals surface area contributed by atoms with Crippen molar-refractivity contribution in [2.24, 2.45) is 0 Å². The Morgan fingerprint density at radius 3 is 0.964 bits per heavy atom. The molecule has 0 aliphatic rings. The maximum Gasteiger partial charge on any atom is 0.414 e. The Bertz CT molecular complexity index is 1310. The molecule has 55 heavy (non-hydrogen) atoms. The molecule has 1 amide bonds. The summed E-state index contributed by atoms with van der Waals surface area (Å²) in [5.41, 5.74) is 8.59. The molecule has 0 aliphatic heterocycles. The van der Waals surface area contributed by atoms with Crippen molar-refractivity contribution in [3.63, 3.8) is 0 Å². The second-order valence-corrected chi connectivity index (χ2v) is 7.47. The maximum atomic E-state index is 11.1. The first-order valence-corrected chi connectivity index (χ1v) is 12.5. The van der Waals surface area contributed by atoms with Crippen molar-refractivity contribution < 1.29 is 133 Å². The van der Waals surface area contributed by atoms with Gasteiger partial charge in [-0.15, -0.1) is 0 Å². The van der Waals surface area contributed by atoms with Crippen LogP contribution >= 0.6 is 0 Å². The number of esters is 1. The summed E-state index contributed by atoms with van der Waals surface area (Å²) in [7, 11) is 0. The lowest BCUT2D eigenvalue weighted by molar-refractivity contribution is -0.159. The van der Waals surface area contributed by atoms with Crippen molar-refractivity contribution in [1.29, 1.82) is 0 Å². The fourth-order valence-corrected chi connectivity index (χ4v) is 1.10. The van der Waals surface area contributed by atoms with Gasteiger partial charge in [-0.2, -0.15) is 4.79 Å². The molecule has 29 nitrogen and oxygen atoms in total. The number of aliphatic carboxylic acids is 11. The summed E-state index contributed by atoms with van der Waals surface area (Å²) in [5, 5.41) is 84.0. The van der Waals surface area contributed by atoms with Crippen molar-refractivity contribution in [1.82, 2.24) is 5.32 Å². The first-order chi connectivity index (χ1) is 24.9. The number of carboxylic acids is 11. The highest BCUT2D eigenvalue weighted by molar-refractivity contribution is 6.29. The van der Waals surface area contributed by atoms with Gasteiger partial charge in [0.25, 0.3) is 11.9 Å². The van der Waals surface area contributed by atoms with Gasteiger partial charge in [0, 0.05) is 27.3 Å². The number of nitrogens with one attached hydrogen (secondary N) is 1. The fourth-order valence-electron chi connectivity index (χ4n) is 1.10. The van der Waals surface area contributed by atoms with Gasteiger partial charge < -0.3 is 71.8 Å². The Kier molecular flexibility index (Phi) is 44.6. The number of carboxylic acid groups (broad SMARTS) is 11. The van der Waals surface area contributed by atoms with Crippen LogP contribution in [-0.2, 0) is 78.4 Å². The Labute approximate surface area is 303 Å². The number of Topliss-reactive ketones (excluding diaryl/α,β-unsaturated/α-hetero) is 1. The zero-order valence-corrected chi connectivity index (χ0v) is 27.8. The zero-order chi connectivity index (χ0) is 45.4. The lowest BCUT2D eigenvalue weighted by Crippen LogP contribution is -2.27. The molecule has 0 fully saturated rings. The van der Waals surface area contributed by atoms with Crippen LogP contribution in [0.1, 0.15) is 26.3 Å². The van der Waals surface area contributed by atoms with Crippen LogP contribution < -0.4 is 5.32 Å². The van der Waals surface area contributed by atoms with Gasteiger partial charge in [-0.3, -0.25) is 19.2 Å². The van der Waals surface area contributed by atoms with E-state index in [2.05, 4.69) is 14.8 Å². The third kappa shape index (κ3) is 81.4. The average molecular weight is 802 g/mol. The van der Waals surface area contributed by atoms with Crippen molar-refractivity contribution in [3.8, 4) is 0 Å². The van der Waals surface area contributed by atoms with Gasteiger partial charge in [0.05, 0.1) is 0 Å². The molecule has 0 aliphatic carbocycles. The van der Waals surface area contributed by atoms with Crippen molar-refractivity contribution in [2.75, 3.05) is 6.61 Å². The van der Waals surface area contributed by atoms with Crippen LogP contribution in [0, 0.1) is 0 Å². The highest BCUT2D eigenvalue weighted by Gasteiger charge is 2.06. The summed E-state index contributed by atoms with van der Waals surface area (Å²) in [6, 6.07) is 9.52. The first-order valence-electron chi connectivity index (χ1n) is 12.5. The molecule has 1 rings (SSSR count). The monoisotopic (exact) mass is 801 g/mol. The fraction of sp³-hybridized carbons (Fsp3) is 0.192. The molecule has 0 aromatic heterocycles. The van der Waals surface area contributed by atoms with Crippen LogP contribution in [0.25, 0.3) is 5.53 Å². The van der Waals surface area contributed by atoms with E-state index in [0.29, 0.717) is 6.54 Å². The minimum absolute atomic E-state index is 0.220. The molecule has 0 spiro atoms. The van der Waals surface area contributed by atoms with Gasteiger partial charge >= 0.3 is 71.9 Å². The van der Waals surface area contributed by atoms with E-state index < -0.39 is 71.6 Å². The van der Waals surface area contributed by atoms with E-state index in [4.69, 9.17) is 114 Å². The predicted octanol–water partition coefficient (Wildman–Crippen LogP) is -3.39. The summed E-state index contributed by atoms with van der Waals surface area (Å²) in [4.78, 5) is 134. The zero-order valence-electron chi connectivity index (χ0n) is 27.8. The van der Waals surface area contributed by atoms with Crippen LogP contribution in [0.4, 0.5) is 0 Å². The SMILES string of the molecule is CC(=O)C=[N+]=[N-].CC(=O)O.CC(=O)OCC(=O)NCc1ccccc1.O=C(O)C(=O)O.O=C(O)C(=O)O.O=C(O)C(=O)O.O=C(O)C(=O)O.O=C(O)C(=O)O. The number of hydrogen-bond donors (Lipinski definition) is 12. The average Bonchev–Trinajstić information content (AvgIpc) is 3.04. The van der Waals surface area contributed by atoms with E-state index in [1.54, 1.807) is 0 Å². The van der Waals surface area contributed by atoms with Gasteiger partial charge in [-0.1, -0.05) is 30.3 Å². The van der Waals surface area contributed by atoms with Crippen LogP contribution in [0.3, 0.4) is 0 Å². The number of amides is 1. The normalized spacial score (nSPS) is 7.69. The molecule has 0 heterocycles. The van der Waals surface area contributed by atoms with E-state index in [1.807, 2.05) is 30.3 Å². The van der Waals surface area contributed by atoms with Crippen molar-refractivity contribution in [3.05, 3.63) is 41.4 Å². The van der Waals surface area contributed by atoms with Gasteiger partial charge in [0.1, 0.15) is 0 Å². The van der Waals surface area contributed by atoms with E-state index in [0.717, 1.165) is 18.7 Å². The molecule has 0 saturated carbocycles. The number of benzene rings is 1. The summed E-state index contributed by atoms with van der Waals surface area (Å²) < 4.78 is 4.54. The number of ketones is 1. The standard InChI is InChI=1S/C11H13NO3.C3H4N2O.5C2H2O4.C2H4O2/c1-9(13)15-8-11(14)12-7-10-5-3-2-4-6-10;1-3(6)2-5-4;5*3-1(4)2(5)6;1-2(3)4/h2-6H,7-8H2,1H3,(H,12,14);2H,1H3;5*(H,3,4)(H,5,6);1H3,(H,3,4). The summed E-state index contributed by atoms with van der Waals surface area (Å²) in [6.07, 6.45) is 0.833. The van der Waals surface area contributed by atoms with Gasteiger partial charge in [-0.25, -0.2) is 47.9 Å². The number of hydrogen-bond acceptors (Lipinski definition) is 15. The number of ether oxygens (including phenoxy) is 1. The quantitative estimate of drug-likeness (QED) is 0.0454. The van der Waals surface area contributed by atoms with E-state index in [1.165, 1.54) is 13.8 Å². The molecular weight excluding hydrogens is 770 g/mol. The molecule has 29 heteroatoms.